The van der Waals surface area contributed by atoms with Crippen molar-refractivity contribution >= 4 is 38.9 Å². The number of methoxy groups -OCH3 is 1. The lowest BCUT2D eigenvalue weighted by Crippen LogP contribution is -2.07. The third-order valence-corrected chi connectivity index (χ3v) is 6.02. The van der Waals surface area contributed by atoms with Gasteiger partial charge in [0.15, 0.2) is 0 Å². The van der Waals surface area contributed by atoms with Gasteiger partial charge in [-0.1, -0.05) is 12.1 Å². The summed E-state index contributed by atoms with van der Waals surface area (Å²) in [5.74, 6) is 0.767. The van der Waals surface area contributed by atoms with Crippen LogP contribution in [0.25, 0.3) is 15.7 Å². The zero-order valence-electron chi connectivity index (χ0n) is 16.4. The lowest BCUT2D eigenvalue weighted by Gasteiger charge is -2.09. The number of ether oxygens (including phenoxy) is 1. The third-order valence-electron chi connectivity index (χ3n) is 5.03. The monoisotopic (exact) mass is 409 g/mol. The Balaban J connectivity index is 1.73. The molecule has 150 valence electrons. The van der Waals surface area contributed by atoms with E-state index >= 15 is 0 Å². The van der Waals surface area contributed by atoms with Crippen molar-refractivity contribution in [1.29, 1.82) is 0 Å². The molecule has 0 aliphatic carbocycles. The minimum atomic E-state index is -0.785. The molecule has 4 rings (SSSR count). The van der Waals surface area contributed by atoms with Gasteiger partial charge in [0.05, 0.1) is 19.0 Å². The molecule has 3 aromatic heterocycles. The summed E-state index contributed by atoms with van der Waals surface area (Å²) in [4.78, 5) is 15.5. The molecule has 6 nitrogen and oxygen atoms in total. The first-order chi connectivity index (χ1) is 14.1. The number of carboxylic acids is 1. The van der Waals surface area contributed by atoms with Crippen LogP contribution in [0.15, 0.2) is 41.9 Å². The number of aliphatic carboxylic acids is 1. The maximum Gasteiger partial charge on any atom is 0.303 e. The van der Waals surface area contributed by atoms with E-state index in [1.165, 1.54) is 21.2 Å². The van der Waals surface area contributed by atoms with E-state index in [0.29, 0.717) is 13.0 Å². The number of aromatic nitrogens is 2. The fourth-order valence-electron chi connectivity index (χ4n) is 3.61. The molecule has 29 heavy (non-hydrogen) atoms. The van der Waals surface area contributed by atoms with Gasteiger partial charge in [0.1, 0.15) is 17.2 Å². The van der Waals surface area contributed by atoms with Gasteiger partial charge in [-0.3, -0.25) is 9.20 Å². The summed E-state index contributed by atoms with van der Waals surface area (Å²) in [6, 6.07) is 10.2. The number of imidazole rings is 1. The van der Waals surface area contributed by atoms with Crippen molar-refractivity contribution in [2.45, 2.75) is 26.2 Å². The molecule has 4 aromatic rings. The Hall–Kier alpha value is -3.06. The molecule has 0 bridgehead atoms. The van der Waals surface area contributed by atoms with Gasteiger partial charge in [0.25, 0.3) is 0 Å². The van der Waals surface area contributed by atoms with E-state index in [1.54, 1.807) is 18.4 Å². The lowest BCUT2D eigenvalue weighted by atomic mass is 10.0. The van der Waals surface area contributed by atoms with Gasteiger partial charge < -0.3 is 15.2 Å². The fourth-order valence-corrected chi connectivity index (χ4v) is 4.64. The number of fused-ring (bicyclic) bond motifs is 2. The fraction of sp³-hybridized carbons (Fsp3) is 0.273. The first kappa shape index (κ1) is 19.3. The van der Waals surface area contributed by atoms with Crippen LogP contribution in [0.1, 0.15) is 29.7 Å². The topological polar surface area (TPSA) is 75.9 Å². The molecule has 0 aliphatic rings. The number of pyridine rings is 1. The zero-order chi connectivity index (χ0) is 20.4. The summed E-state index contributed by atoms with van der Waals surface area (Å²) in [5, 5.41) is 15.7. The minimum Gasteiger partial charge on any atom is -0.495 e. The number of anilines is 1. The lowest BCUT2D eigenvalue weighted by molar-refractivity contribution is -0.137. The third kappa shape index (κ3) is 3.91. The van der Waals surface area contributed by atoms with Crippen LogP contribution in [0.2, 0.25) is 0 Å². The van der Waals surface area contributed by atoms with Crippen molar-refractivity contribution in [3.05, 3.63) is 58.7 Å². The quantitative estimate of drug-likeness (QED) is 0.411. The molecule has 0 aliphatic heterocycles. The molecule has 0 radical (unpaired) electrons. The largest absolute Gasteiger partial charge is 0.495 e. The second kappa shape index (κ2) is 8.13. The highest BCUT2D eigenvalue weighted by Gasteiger charge is 2.16. The molecular formula is C22H23N3O3S. The minimum absolute atomic E-state index is 0.137. The summed E-state index contributed by atoms with van der Waals surface area (Å²) in [6.45, 7) is 2.70. The number of benzene rings is 1. The zero-order valence-corrected chi connectivity index (χ0v) is 17.3. The van der Waals surface area contributed by atoms with E-state index in [9.17, 15) is 4.79 Å². The van der Waals surface area contributed by atoms with Gasteiger partial charge >= 0.3 is 5.97 Å². The molecule has 0 amide bonds. The van der Waals surface area contributed by atoms with E-state index in [2.05, 4.69) is 40.2 Å². The van der Waals surface area contributed by atoms with Crippen molar-refractivity contribution in [1.82, 2.24) is 9.38 Å². The van der Waals surface area contributed by atoms with Crippen molar-refractivity contribution in [3.8, 4) is 5.75 Å². The summed E-state index contributed by atoms with van der Waals surface area (Å²) < 4.78 is 8.74. The highest BCUT2D eigenvalue weighted by Crippen LogP contribution is 2.32. The Morgan fingerprint density at radius 1 is 1.31 bits per heavy atom. The van der Waals surface area contributed by atoms with Crippen LogP contribution in [-0.4, -0.2) is 34.1 Å². The number of aryl methyl sites for hydroxylation is 1. The first-order valence-electron chi connectivity index (χ1n) is 9.53. The average molecular weight is 410 g/mol. The summed E-state index contributed by atoms with van der Waals surface area (Å²) in [5.41, 5.74) is 4.40. The second-order valence-electron chi connectivity index (χ2n) is 7.01. The Kier molecular flexibility index (Phi) is 5.40. The van der Waals surface area contributed by atoms with Crippen LogP contribution < -0.4 is 10.1 Å². The number of hydrogen-bond acceptors (Lipinski definition) is 5. The second-order valence-corrected chi connectivity index (χ2v) is 7.93. The average Bonchev–Trinajstić information content (AvgIpc) is 3.27. The SMILES string of the molecule is COc1ccc2nc(NCCCC(=O)O)c(Cc3csc4cccc(C)c34)n2c1. The summed E-state index contributed by atoms with van der Waals surface area (Å²) >= 11 is 1.75. The van der Waals surface area contributed by atoms with E-state index in [0.717, 1.165) is 29.3 Å². The van der Waals surface area contributed by atoms with Crippen LogP contribution >= 0.6 is 11.3 Å². The number of thiophene rings is 1. The number of carboxylic acid groups (broad SMARTS) is 1. The molecule has 3 heterocycles. The molecule has 2 N–H and O–H groups in total. The van der Waals surface area contributed by atoms with Gasteiger partial charge in [0, 0.05) is 24.1 Å². The smallest absolute Gasteiger partial charge is 0.303 e. The van der Waals surface area contributed by atoms with Gasteiger partial charge in [0.2, 0.25) is 0 Å². The van der Waals surface area contributed by atoms with Gasteiger partial charge in [-0.15, -0.1) is 11.3 Å². The Morgan fingerprint density at radius 2 is 2.17 bits per heavy atom. The molecule has 0 spiro atoms. The Labute approximate surface area is 172 Å². The molecule has 0 saturated carbocycles. The highest BCUT2D eigenvalue weighted by molar-refractivity contribution is 7.17. The highest BCUT2D eigenvalue weighted by atomic mass is 32.1. The predicted octanol–water partition coefficient (Wildman–Crippen LogP) is 4.73. The van der Waals surface area contributed by atoms with Crippen molar-refractivity contribution in [2.75, 3.05) is 19.0 Å². The normalized spacial score (nSPS) is 11.2. The molecule has 0 saturated heterocycles. The van der Waals surface area contributed by atoms with Crippen molar-refractivity contribution in [3.63, 3.8) is 0 Å². The van der Waals surface area contributed by atoms with E-state index in [-0.39, 0.29) is 6.42 Å². The summed E-state index contributed by atoms with van der Waals surface area (Å²) in [6.07, 6.45) is 3.35. The van der Waals surface area contributed by atoms with E-state index < -0.39 is 5.97 Å². The van der Waals surface area contributed by atoms with Crippen LogP contribution in [0.4, 0.5) is 5.82 Å². The molecule has 7 heteroatoms. The molecule has 0 fully saturated rings. The number of carbonyl (C=O) groups is 1. The summed E-state index contributed by atoms with van der Waals surface area (Å²) in [7, 11) is 1.65. The standard InChI is InChI=1S/C22H23N3O3S/c1-14-5-3-6-18-21(14)15(13-29-18)11-17-22(23-10-4-7-20(26)27)24-19-9-8-16(28-2)12-25(17)19/h3,5-6,8-9,12-13,23H,4,7,10-11H2,1-2H3,(H,26,27). The molecular weight excluding hydrogens is 386 g/mol. The van der Waals surface area contributed by atoms with Gasteiger partial charge in [-0.25, -0.2) is 4.98 Å². The van der Waals surface area contributed by atoms with Crippen LogP contribution in [0.5, 0.6) is 5.75 Å². The van der Waals surface area contributed by atoms with Crippen LogP contribution in [0.3, 0.4) is 0 Å². The Morgan fingerprint density at radius 3 is 2.97 bits per heavy atom. The first-order valence-corrected chi connectivity index (χ1v) is 10.4. The van der Waals surface area contributed by atoms with E-state index in [1.807, 2.05) is 18.3 Å². The number of nitrogens with one attached hydrogen (secondary N) is 1. The maximum absolute atomic E-state index is 10.8. The van der Waals surface area contributed by atoms with E-state index in [4.69, 9.17) is 14.8 Å². The number of hydrogen-bond donors (Lipinski definition) is 2. The van der Waals surface area contributed by atoms with Gasteiger partial charge in [-0.2, -0.15) is 0 Å². The molecule has 0 unspecified atom stereocenters. The van der Waals surface area contributed by atoms with Gasteiger partial charge in [-0.05, 0) is 53.4 Å². The number of nitrogens with zero attached hydrogens (tertiary/aromatic N) is 2. The van der Waals surface area contributed by atoms with Crippen LogP contribution in [0, 0.1) is 6.92 Å². The number of rotatable bonds is 8. The Bertz CT molecular complexity index is 1180. The van der Waals surface area contributed by atoms with Crippen molar-refractivity contribution < 1.29 is 14.6 Å². The maximum atomic E-state index is 10.8. The van der Waals surface area contributed by atoms with Crippen molar-refractivity contribution in [2.24, 2.45) is 0 Å². The molecule has 0 atom stereocenters. The molecule has 1 aromatic carbocycles. The predicted molar refractivity (Wildman–Crippen MR) is 116 cm³/mol. The van der Waals surface area contributed by atoms with Crippen LogP contribution in [-0.2, 0) is 11.2 Å².